The molecule has 3 N–H and O–H groups in total. The number of phenols is 2. The van der Waals surface area contributed by atoms with E-state index in [0.29, 0.717) is 22.0 Å². The average molecular weight is 379 g/mol. The highest BCUT2D eigenvalue weighted by Crippen LogP contribution is 2.35. The first-order valence-corrected chi connectivity index (χ1v) is 8.38. The van der Waals surface area contributed by atoms with Gasteiger partial charge in [0.25, 0.3) is 5.91 Å². The molecule has 0 heterocycles. The summed E-state index contributed by atoms with van der Waals surface area (Å²) in [6.07, 6.45) is 0. The lowest BCUT2D eigenvalue weighted by molar-refractivity contribution is -0.119. The first-order chi connectivity index (χ1) is 13.4. The molecule has 0 aromatic heterocycles. The predicted molar refractivity (Wildman–Crippen MR) is 103 cm³/mol. The van der Waals surface area contributed by atoms with Crippen LogP contribution in [0.2, 0.25) is 0 Å². The van der Waals surface area contributed by atoms with Gasteiger partial charge in [0, 0.05) is 22.0 Å². The number of hydrogen-bond acceptors (Lipinski definition) is 6. The van der Waals surface area contributed by atoms with Crippen molar-refractivity contribution < 1.29 is 29.3 Å². The summed E-state index contributed by atoms with van der Waals surface area (Å²) in [6, 6.07) is 13.8. The van der Waals surface area contributed by atoms with Crippen molar-refractivity contribution in [1.82, 2.24) is 0 Å². The van der Waals surface area contributed by atoms with Crippen LogP contribution in [0.1, 0.15) is 27.6 Å². The van der Waals surface area contributed by atoms with E-state index in [0.717, 1.165) is 6.07 Å². The number of aromatic hydroxyl groups is 2. The van der Waals surface area contributed by atoms with E-state index < -0.39 is 18.5 Å². The zero-order valence-corrected chi connectivity index (χ0v) is 14.9. The van der Waals surface area contributed by atoms with Crippen molar-refractivity contribution in [2.75, 3.05) is 11.9 Å². The number of fused-ring (bicyclic) bond motifs is 1. The zero-order chi connectivity index (χ0) is 20.3. The molecular formula is C21H17NO6. The number of benzene rings is 3. The van der Waals surface area contributed by atoms with Gasteiger partial charge >= 0.3 is 5.97 Å². The Morgan fingerprint density at radius 2 is 1.61 bits per heavy atom. The summed E-state index contributed by atoms with van der Waals surface area (Å²) in [5, 5.41) is 23.5. The van der Waals surface area contributed by atoms with Crippen LogP contribution in [-0.4, -0.2) is 34.5 Å². The van der Waals surface area contributed by atoms with E-state index >= 15 is 0 Å². The highest BCUT2D eigenvalue weighted by molar-refractivity contribution is 6.04. The Morgan fingerprint density at radius 1 is 0.964 bits per heavy atom. The van der Waals surface area contributed by atoms with E-state index in [2.05, 4.69) is 5.32 Å². The molecule has 142 valence electrons. The van der Waals surface area contributed by atoms with Gasteiger partial charge in [-0.15, -0.1) is 0 Å². The number of ether oxygens (including phenoxy) is 1. The summed E-state index contributed by atoms with van der Waals surface area (Å²) in [5.41, 5.74) is 0.711. The van der Waals surface area contributed by atoms with E-state index in [9.17, 15) is 24.6 Å². The van der Waals surface area contributed by atoms with Crippen molar-refractivity contribution in [2.24, 2.45) is 0 Å². The first-order valence-electron chi connectivity index (χ1n) is 8.38. The predicted octanol–water partition coefficient (Wildman–Crippen LogP) is 3.25. The molecule has 28 heavy (non-hydrogen) atoms. The lowest BCUT2D eigenvalue weighted by atomic mass is 10.0. The number of carbonyl (C=O) groups excluding carboxylic acids is 3. The van der Waals surface area contributed by atoms with E-state index in [1.54, 1.807) is 48.5 Å². The fourth-order valence-electron chi connectivity index (χ4n) is 2.69. The van der Waals surface area contributed by atoms with Crippen LogP contribution in [0.3, 0.4) is 0 Å². The smallest absolute Gasteiger partial charge is 0.342 e. The number of carbonyl (C=O) groups is 3. The third kappa shape index (κ3) is 3.93. The zero-order valence-electron chi connectivity index (χ0n) is 14.9. The number of rotatable bonds is 5. The molecule has 0 radical (unpaired) electrons. The number of esters is 1. The van der Waals surface area contributed by atoms with Crippen LogP contribution >= 0.6 is 0 Å². The highest BCUT2D eigenvalue weighted by Gasteiger charge is 2.19. The molecular weight excluding hydrogens is 362 g/mol. The van der Waals surface area contributed by atoms with Crippen LogP contribution < -0.4 is 5.32 Å². The standard InChI is InChI=1S/C21H17NO6/c1-12(23)13-6-8-14(9-7-13)22-19(25)11-28-21(27)17-10-18(24)15-4-2-3-5-16(15)20(17)26/h2-10,24,26H,11H2,1H3,(H,22,25). The largest absolute Gasteiger partial charge is 0.507 e. The Balaban J connectivity index is 1.67. The van der Waals surface area contributed by atoms with Gasteiger partial charge in [-0.2, -0.15) is 0 Å². The third-order valence-electron chi connectivity index (χ3n) is 4.12. The van der Waals surface area contributed by atoms with Gasteiger partial charge in [-0.25, -0.2) is 4.79 Å². The highest BCUT2D eigenvalue weighted by atomic mass is 16.5. The molecule has 1 amide bonds. The lowest BCUT2D eigenvalue weighted by Gasteiger charge is -2.10. The summed E-state index contributed by atoms with van der Waals surface area (Å²) in [5.74, 6) is -2.15. The van der Waals surface area contributed by atoms with Gasteiger partial charge in [0.15, 0.2) is 12.4 Å². The maximum absolute atomic E-state index is 12.2. The Labute approximate surface area is 160 Å². The first kappa shape index (κ1) is 18.9. The van der Waals surface area contributed by atoms with Gasteiger partial charge in [0.2, 0.25) is 0 Å². The van der Waals surface area contributed by atoms with Crippen LogP contribution in [0, 0.1) is 0 Å². The number of ketones is 1. The van der Waals surface area contributed by atoms with Crippen LogP contribution in [0.25, 0.3) is 10.8 Å². The molecule has 0 spiro atoms. The molecule has 3 aromatic rings. The molecule has 3 rings (SSSR count). The minimum Gasteiger partial charge on any atom is -0.507 e. The van der Waals surface area contributed by atoms with Gasteiger partial charge in [-0.3, -0.25) is 9.59 Å². The number of Topliss-reactive ketones (excluding diaryl/α,β-unsaturated/α-hetero) is 1. The minimum atomic E-state index is -0.944. The molecule has 3 aromatic carbocycles. The van der Waals surface area contributed by atoms with E-state index in [1.807, 2.05) is 0 Å². The van der Waals surface area contributed by atoms with Crippen molar-refractivity contribution in [1.29, 1.82) is 0 Å². The quantitative estimate of drug-likeness (QED) is 0.356. The van der Waals surface area contributed by atoms with Gasteiger partial charge in [0.05, 0.1) is 0 Å². The fraction of sp³-hybridized carbons (Fsp3) is 0.0952. The normalized spacial score (nSPS) is 10.5. The van der Waals surface area contributed by atoms with Crippen LogP contribution in [0.15, 0.2) is 54.6 Å². The Kier molecular flexibility index (Phi) is 5.26. The number of hydrogen-bond donors (Lipinski definition) is 3. The monoisotopic (exact) mass is 379 g/mol. The Bertz CT molecular complexity index is 1070. The number of nitrogens with one attached hydrogen (secondary N) is 1. The summed E-state index contributed by atoms with van der Waals surface area (Å²) >= 11 is 0. The van der Waals surface area contributed by atoms with E-state index in [1.165, 1.54) is 6.92 Å². The topological polar surface area (TPSA) is 113 Å². The fourth-order valence-corrected chi connectivity index (χ4v) is 2.69. The molecule has 7 heteroatoms. The second kappa shape index (κ2) is 7.79. The van der Waals surface area contributed by atoms with Gasteiger partial charge in [-0.1, -0.05) is 24.3 Å². The number of amides is 1. The molecule has 0 unspecified atom stereocenters. The molecule has 0 bridgehead atoms. The summed E-state index contributed by atoms with van der Waals surface area (Å²) in [6.45, 7) is 0.855. The molecule has 7 nitrogen and oxygen atoms in total. The molecule has 0 saturated carbocycles. The molecule has 0 aliphatic rings. The molecule has 0 aliphatic heterocycles. The Hall–Kier alpha value is -3.87. The van der Waals surface area contributed by atoms with E-state index in [-0.39, 0.29) is 22.8 Å². The minimum absolute atomic E-state index is 0.0924. The second-order valence-electron chi connectivity index (χ2n) is 6.10. The lowest BCUT2D eigenvalue weighted by Crippen LogP contribution is -2.21. The maximum atomic E-state index is 12.2. The molecule has 0 saturated heterocycles. The third-order valence-corrected chi connectivity index (χ3v) is 4.12. The number of phenolic OH excluding ortho intramolecular Hbond substituents is 2. The van der Waals surface area contributed by atoms with Gasteiger partial charge in [0.1, 0.15) is 17.1 Å². The van der Waals surface area contributed by atoms with E-state index in [4.69, 9.17) is 4.74 Å². The SMILES string of the molecule is CC(=O)c1ccc(NC(=O)COC(=O)c2cc(O)c3ccccc3c2O)cc1. The average Bonchev–Trinajstić information content (AvgIpc) is 2.69. The summed E-state index contributed by atoms with van der Waals surface area (Å²) in [7, 11) is 0. The molecule has 0 fully saturated rings. The molecule has 0 aliphatic carbocycles. The summed E-state index contributed by atoms with van der Waals surface area (Å²) < 4.78 is 4.93. The van der Waals surface area contributed by atoms with Crippen molar-refractivity contribution in [2.45, 2.75) is 6.92 Å². The maximum Gasteiger partial charge on any atom is 0.342 e. The van der Waals surface area contributed by atoms with Crippen LogP contribution in [-0.2, 0) is 9.53 Å². The van der Waals surface area contributed by atoms with Gasteiger partial charge in [-0.05, 0) is 37.3 Å². The van der Waals surface area contributed by atoms with Crippen molar-refractivity contribution in [3.8, 4) is 11.5 Å². The Morgan fingerprint density at radius 3 is 2.25 bits per heavy atom. The van der Waals surface area contributed by atoms with Crippen LogP contribution in [0.4, 0.5) is 5.69 Å². The molecule has 0 atom stereocenters. The number of anilines is 1. The van der Waals surface area contributed by atoms with Crippen molar-refractivity contribution >= 4 is 34.1 Å². The van der Waals surface area contributed by atoms with Crippen LogP contribution in [0.5, 0.6) is 11.5 Å². The van der Waals surface area contributed by atoms with Crippen molar-refractivity contribution in [3.63, 3.8) is 0 Å². The van der Waals surface area contributed by atoms with Gasteiger partial charge < -0.3 is 20.3 Å². The summed E-state index contributed by atoms with van der Waals surface area (Å²) in [4.78, 5) is 35.4. The van der Waals surface area contributed by atoms with Crippen molar-refractivity contribution in [3.05, 3.63) is 65.7 Å². The second-order valence-corrected chi connectivity index (χ2v) is 6.10.